The molecule has 0 rings (SSSR count). The summed E-state index contributed by atoms with van der Waals surface area (Å²) in [6.07, 6.45) is 46.4. The molecule has 0 radical (unpaired) electrons. The van der Waals surface area contributed by atoms with E-state index in [1.165, 1.54) is 77.0 Å². The van der Waals surface area contributed by atoms with Crippen molar-refractivity contribution < 1.29 is 37.9 Å². The van der Waals surface area contributed by atoms with Gasteiger partial charge in [0.1, 0.15) is 6.10 Å². The smallest absolute Gasteiger partial charge is 0.457 e. The summed E-state index contributed by atoms with van der Waals surface area (Å²) in [6.45, 7) is 4.26. The predicted octanol–water partition coefficient (Wildman–Crippen LogP) is 10.9. The highest BCUT2D eigenvalue weighted by molar-refractivity contribution is 7.47. The lowest BCUT2D eigenvalue weighted by Crippen LogP contribution is -2.28. The van der Waals surface area contributed by atoms with Crippen LogP contribution in [0.25, 0.3) is 0 Å². The molecule has 0 aromatic rings. The van der Waals surface area contributed by atoms with Crippen LogP contribution in [-0.2, 0) is 27.9 Å². The van der Waals surface area contributed by atoms with Crippen molar-refractivity contribution >= 4 is 13.8 Å². The number of unbranched alkanes of at least 4 members (excludes halogenated alkanes) is 13. The highest BCUT2D eigenvalue weighted by Crippen LogP contribution is 2.43. The van der Waals surface area contributed by atoms with Gasteiger partial charge < -0.3 is 25.2 Å². The van der Waals surface area contributed by atoms with E-state index in [-0.39, 0.29) is 32.8 Å². The average Bonchev–Trinajstić information content (AvgIpc) is 3.13. The van der Waals surface area contributed by atoms with Crippen LogP contribution in [0.1, 0.15) is 149 Å². The van der Waals surface area contributed by atoms with Gasteiger partial charge in [-0.1, -0.05) is 163 Å². The highest BCUT2D eigenvalue weighted by atomic mass is 31.2. The zero-order valence-electron chi connectivity index (χ0n) is 33.3. The minimum absolute atomic E-state index is 0.0774. The Morgan fingerprint density at radius 3 is 1.57 bits per heavy atom. The normalized spacial score (nSPS) is 14.9. The molecule has 0 heterocycles. The predicted molar refractivity (Wildman–Crippen MR) is 221 cm³/mol. The molecule has 3 unspecified atom stereocenters. The minimum Gasteiger partial charge on any atom is -0.457 e. The first kappa shape index (κ1) is 50.9. The summed E-state index contributed by atoms with van der Waals surface area (Å²) in [5, 5.41) is 9.17. The molecule has 306 valence electrons. The van der Waals surface area contributed by atoms with E-state index in [1.54, 1.807) is 13.0 Å². The van der Waals surface area contributed by atoms with Crippen molar-refractivity contribution in [2.75, 3.05) is 33.0 Å². The van der Waals surface area contributed by atoms with E-state index in [0.29, 0.717) is 13.0 Å². The maximum absolute atomic E-state index is 12.5. The lowest BCUT2D eigenvalue weighted by molar-refractivity contribution is -0.154. The molecule has 0 bridgehead atoms. The summed E-state index contributed by atoms with van der Waals surface area (Å²) in [4.78, 5) is 22.4. The zero-order chi connectivity index (χ0) is 38.9. The van der Waals surface area contributed by atoms with E-state index in [0.717, 1.165) is 44.9 Å². The maximum Gasteiger partial charge on any atom is 0.472 e. The Morgan fingerprint density at radius 1 is 0.642 bits per heavy atom. The van der Waals surface area contributed by atoms with Crippen molar-refractivity contribution in [1.82, 2.24) is 0 Å². The van der Waals surface area contributed by atoms with E-state index < -0.39 is 26.0 Å². The Kier molecular flexibility index (Phi) is 38.0. The fourth-order valence-corrected chi connectivity index (χ4v) is 5.98. The third kappa shape index (κ3) is 40.9. The SMILES string of the molecule is CCCCCCCCCCCCCCCCOCC(COP(=O)(O)OCCN)OC(=O)CC/C=C/C/C=C/C/C=C/C/C=C/C/C=C/C/C=C\C(C)O. The summed E-state index contributed by atoms with van der Waals surface area (Å²) < 4.78 is 33.3. The molecule has 0 aliphatic heterocycles. The van der Waals surface area contributed by atoms with Crippen molar-refractivity contribution in [3.8, 4) is 0 Å². The summed E-state index contributed by atoms with van der Waals surface area (Å²) >= 11 is 0. The van der Waals surface area contributed by atoms with Gasteiger partial charge in [0.15, 0.2) is 0 Å². The molecule has 0 aliphatic rings. The van der Waals surface area contributed by atoms with Crippen LogP contribution in [0.4, 0.5) is 0 Å². The van der Waals surface area contributed by atoms with Crippen molar-refractivity contribution in [3.05, 3.63) is 72.9 Å². The average molecular weight is 766 g/mol. The Hall–Kier alpha value is -2.10. The van der Waals surface area contributed by atoms with Gasteiger partial charge in [-0.05, 0) is 51.9 Å². The van der Waals surface area contributed by atoms with Gasteiger partial charge in [0.25, 0.3) is 0 Å². The quantitative estimate of drug-likeness (QED) is 0.0243. The molecule has 0 spiro atoms. The first-order valence-electron chi connectivity index (χ1n) is 20.5. The van der Waals surface area contributed by atoms with Gasteiger partial charge in [-0.2, -0.15) is 0 Å². The van der Waals surface area contributed by atoms with Crippen molar-refractivity contribution in [2.45, 2.75) is 161 Å². The monoisotopic (exact) mass is 766 g/mol. The minimum atomic E-state index is -4.30. The summed E-state index contributed by atoms with van der Waals surface area (Å²) in [7, 11) is -4.30. The number of esters is 1. The number of phosphoric acid groups is 1. The van der Waals surface area contributed by atoms with Crippen LogP contribution < -0.4 is 5.73 Å². The molecule has 0 amide bonds. The molecule has 0 aromatic carbocycles. The van der Waals surface area contributed by atoms with Crippen LogP contribution in [0, 0.1) is 0 Å². The second kappa shape index (κ2) is 39.6. The van der Waals surface area contributed by atoms with E-state index in [9.17, 15) is 19.4 Å². The number of rotatable bonds is 38. The van der Waals surface area contributed by atoms with Crippen LogP contribution in [0.3, 0.4) is 0 Å². The second-order valence-electron chi connectivity index (χ2n) is 13.4. The number of hydrogen-bond acceptors (Lipinski definition) is 8. The number of allylic oxidation sites excluding steroid dienone is 11. The van der Waals surface area contributed by atoms with Crippen molar-refractivity contribution in [2.24, 2.45) is 5.73 Å². The molecule has 0 aliphatic carbocycles. The number of aliphatic hydroxyl groups is 1. The topological polar surface area (TPSA) is 138 Å². The fraction of sp³-hybridized carbons (Fsp3) is 0.698. The number of ether oxygens (including phenoxy) is 2. The lowest BCUT2D eigenvalue weighted by atomic mass is 10.0. The summed E-state index contributed by atoms with van der Waals surface area (Å²) in [6, 6.07) is 0. The molecule has 10 heteroatoms. The molecule has 3 atom stereocenters. The van der Waals surface area contributed by atoms with Crippen LogP contribution in [0.2, 0.25) is 0 Å². The Labute approximate surface area is 323 Å². The van der Waals surface area contributed by atoms with Gasteiger partial charge in [-0.15, -0.1) is 0 Å². The van der Waals surface area contributed by atoms with Gasteiger partial charge in [0.2, 0.25) is 0 Å². The molecular weight excluding hydrogens is 689 g/mol. The second-order valence-corrected chi connectivity index (χ2v) is 14.9. The number of hydrogen-bond donors (Lipinski definition) is 3. The number of aliphatic hydroxyl groups excluding tert-OH is 1. The first-order chi connectivity index (χ1) is 25.8. The van der Waals surface area contributed by atoms with E-state index in [1.807, 2.05) is 18.2 Å². The molecule has 0 fully saturated rings. The number of nitrogens with two attached hydrogens (primary N) is 1. The largest absolute Gasteiger partial charge is 0.472 e. The van der Waals surface area contributed by atoms with Gasteiger partial charge in [-0.25, -0.2) is 4.57 Å². The zero-order valence-corrected chi connectivity index (χ0v) is 34.2. The van der Waals surface area contributed by atoms with E-state index in [4.69, 9.17) is 24.3 Å². The Morgan fingerprint density at radius 2 is 1.09 bits per heavy atom. The molecule has 4 N–H and O–H groups in total. The summed E-state index contributed by atoms with van der Waals surface area (Å²) in [5.74, 6) is -0.422. The standard InChI is InChI=1S/C43H76NO8P/c1-3-4-5-6-7-8-9-10-18-21-24-27-30-33-37-49-39-42(40-51-53(47,48)50-38-36-44)52-43(46)35-32-29-26-23-20-17-15-13-11-12-14-16-19-22-25-28-31-34-41(2)45/h11,13-14,16-17,20,22,25-26,29,31,34,41-42,45H,3-10,12,15,18-19,21,23-24,27-28,30,32-33,35-40,44H2,1-2H3,(H,47,48)/b13-11+,16-14+,20-17+,25-22+,29-26+,34-31-. The third-order valence-electron chi connectivity index (χ3n) is 8.16. The number of carbonyl (C=O) groups excluding carboxylic acids is 1. The summed E-state index contributed by atoms with van der Waals surface area (Å²) in [5.41, 5.74) is 5.35. The van der Waals surface area contributed by atoms with Gasteiger partial charge in [0, 0.05) is 19.6 Å². The van der Waals surface area contributed by atoms with Crippen LogP contribution in [0.5, 0.6) is 0 Å². The van der Waals surface area contributed by atoms with Crippen molar-refractivity contribution in [1.29, 1.82) is 0 Å². The maximum atomic E-state index is 12.5. The molecule has 0 aromatic heterocycles. The third-order valence-corrected chi connectivity index (χ3v) is 9.15. The van der Waals surface area contributed by atoms with Crippen molar-refractivity contribution in [3.63, 3.8) is 0 Å². The Balaban J connectivity index is 4.21. The van der Waals surface area contributed by atoms with Crippen LogP contribution in [-0.4, -0.2) is 61.1 Å². The van der Waals surface area contributed by atoms with Gasteiger partial charge in [-0.3, -0.25) is 13.8 Å². The van der Waals surface area contributed by atoms with E-state index >= 15 is 0 Å². The molecular formula is C43H76NO8P. The number of carbonyl (C=O) groups is 1. The van der Waals surface area contributed by atoms with Crippen LogP contribution in [0.15, 0.2) is 72.9 Å². The van der Waals surface area contributed by atoms with E-state index in [2.05, 4.69) is 55.5 Å². The molecule has 9 nitrogen and oxygen atoms in total. The lowest BCUT2D eigenvalue weighted by Gasteiger charge is -2.20. The Bertz CT molecular complexity index is 1050. The highest BCUT2D eigenvalue weighted by Gasteiger charge is 2.25. The first-order valence-corrected chi connectivity index (χ1v) is 22.0. The van der Waals surface area contributed by atoms with Gasteiger partial charge >= 0.3 is 13.8 Å². The molecule has 0 saturated heterocycles. The fourth-order valence-electron chi connectivity index (χ4n) is 5.21. The molecule has 53 heavy (non-hydrogen) atoms. The van der Waals surface area contributed by atoms with Crippen LogP contribution >= 0.6 is 7.82 Å². The molecule has 0 saturated carbocycles. The number of phosphoric ester groups is 1. The van der Waals surface area contributed by atoms with Gasteiger partial charge in [0.05, 0.1) is 25.9 Å².